The van der Waals surface area contributed by atoms with E-state index in [4.69, 9.17) is 21.1 Å². The lowest BCUT2D eigenvalue weighted by Crippen LogP contribution is -2.05. The van der Waals surface area contributed by atoms with Crippen molar-refractivity contribution >= 4 is 29.5 Å². The number of carbonyl (C=O) groups excluding carboxylic acids is 1. The second kappa shape index (κ2) is 7.71. The molecule has 1 aliphatic heterocycles. The van der Waals surface area contributed by atoms with Gasteiger partial charge in [0.2, 0.25) is 5.90 Å². The average Bonchev–Trinajstić information content (AvgIpc) is 3.09. The first-order valence-electron chi connectivity index (χ1n) is 8.66. The molecule has 0 aliphatic carbocycles. The number of ether oxygens (including phenoxy) is 2. The molecule has 0 saturated carbocycles. The molecule has 0 atom stereocenters. The topological polar surface area (TPSA) is 47.9 Å². The summed E-state index contributed by atoms with van der Waals surface area (Å²) in [5.41, 5.74) is 3.91. The van der Waals surface area contributed by atoms with Crippen LogP contribution in [-0.2, 0) is 9.53 Å². The summed E-state index contributed by atoms with van der Waals surface area (Å²) in [5, 5.41) is 0.462. The van der Waals surface area contributed by atoms with Gasteiger partial charge in [-0.05, 0) is 47.0 Å². The summed E-state index contributed by atoms with van der Waals surface area (Å²) in [6.45, 7) is 0. The van der Waals surface area contributed by atoms with Crippen molar-refractivity contribution in [1.29, 1.82) is 0 Å². The van der Waals surface area contributed by atoms with Gasteiger partial charge in [-0.3, -0.25) is 0 Å². The predicted octanol–water partition coefficient (Wildman–Crippen LogP) is 5.36. The Morgan fingerprint density at radius 2 is 1.61 bits per heavy atom. The molecule has 0 fully saturated rings. The van der Waals surface area contributed by atoms with E-state index < -0.39 is 5.97 Å². The van der Waals surface area contributed by atoms with Crippen LogP contribution in [0.15, 0.2) is 83.5 Å². The van der Waals surface area contributed by atoms with Gasteiger partial charge in [-0.15, -0.1) is 0 Å². The number of esters is 1. The number of aliphatic imine (C=N–C) groups is 1. The molecule has 1 aliphatic rings. The molecule has 4 rings (SSSR count). The molecular formula is C23H16ClNO3. The number of hydrogen-bond acceptors (Lipinski definition) is 4. The average molecular weight is 390 g/mol. The van der Waals surface area contributed by atoms with E-state index in [1.165, 1.54) is 0 Å². The molecule has 0 aromatic heterocycles. The maximum atomic E-state index is 12.2. The van der Waals surface area contributed by atoms with Crippen LogP contribution in [0.25, 0.3) is 17.2 Å². The first kappa shape index (κ1) is 18.0. The Balaban J connectivity index is 1.59. The first-order chi connectivity index (χ1) is 13.6. The van der Waals surface area contributed by atoms with Crippen LogP contribution in [0.2, 0.25) is 5.02 Å². The summed E-state index contributed by atoms with van der Waals surface area (Å²) in [7, 11) is 1.55. The summed E-state index contributed by atoms with van der Waals surface area (Å²) in [4.78, 5) is 16.5. The van der Waals surface area contributed by atoms with Crippen molar-refractivity contribution in [2.75, 3.05) is 7.11 Å². The van der Waals surface area contributed by atoms with Gasteiger partial charge in [0.1, 0.15) is 5.75 Å². The number of hydrogen-bond donors (Lipinski definition) is 0. The van der Waals surface area contributed by atoms with E-state index in [0.717, 1.165) is 22.3 Å². The largest absolute Gasteiger partial charge is 0.495 e. The lowest BCUT2D eigenvalue weighted by Gasteiger charge is -2.03. The number of rotatable bonds is 4. The maximum Gasteiger partial charge on any atom is 0.363 e. The van der Waals surface area contributed by atoms with Crippen molar-refractivity contribution in [3.8, 4) is 16.9 Å². The third-order valence-corrected chi connectivity index (χ3v) is 4.63. The van der Waals surface area contributed by atoms with E-state index in [1.807, 2.05) is 54.6 Å². The van der Waals surface area contributed by atoms with Gasteiger partial charge in [-0.25, -0.2) is 9.79 Å². The van der Waals surface area contributed by atoms with E-state index in [2.05, 4.69) is 4.99 Å². The number of methoxy groups -OCH3 is 1. The van der Waals surface area contributed by atoms with Gasteiger partial charge in [0, 0.05) is 5.56 Å². The van der Waals surface area contributed by atoms with Crippen molar-refractivity contribution in [3.63, 3.8) is 0 Å². The summed E-state index contributed by atoms with van der Waals surface area (Å²) < 4.78 is 10.5. The number of halogens is 1. The summed E-state index contributed by atoms with van der Waals surface area (Å²) in [6.07, 6.45) is 1.64. The van der Waals surface area contributed by atoms with Crippen molar-refractivity contribution in [2.24, 2.45) is 4.99 Å². The second-order valence-electron chi connectivity index (χ2n) is 6.17. The zero-order valence-corrected chi connectivity index (χ0v) is 15.8. The maximum absolute atomic E-state index is 12.2. The number of carbonyl (C=O) groups is 1. The van der Waals surface area contributed by atoms with Crippen LogP contribution in [0.3, 0.4) is 0 Å². The fourth-order valence-corrected chi connectivity index (χ4v) is 3.16. The van der Waals surface area contributed by atoms with Gasteiger partial charge in [0.05, 0.1) is 12.1 Å². The lowest BCUT2D eigenvalue weighted by atomic mass is 10.0. The molecule has 0 saturated heterocycles. The molecule has 0 N–H and O–H groups in total. The van der Waals surface area contributed by atoms with Crippen LogP contribution in [0.1, 0.15) is 11.1 Å². The fraction of sp³-hybridized carbons (Fsp3) is 0.0435. The van der Waals surface area contributed by atoms with Gasteiger partial charge >= 0.3 is 5.97 Å². The summed E-state index contributed by atoms with van der Waals surface area (Å²) in [5.74, 6) is 0.366. The molecule has 28 heavy (non-hydrogen) atoms. The third kappa shape index (κ3) is 3.68. The van der Waals surface area contributed by atoms with Gasteiger partial charge in [-0.1, -0.05) is 60.1 Å². The van der Waals surface area contributed by atoms with Crippen molar-refractivity contribution in [1.82, 2.24) is 0 Å². The Labute approximate surface area is 167 Å². The number of benzene rings is 3. The Kier molecular flexibility index (Phi) is 4.96. The zero-order chi connectivity index (χ0) is 19.5. The van der Waals surface area contributed by atoms with Gasteiger partial charge < -0.3 is 9.47 Å². The van der Waals surface area contributed by atoms with Gasteiger partial charge in [0.25, 0.3) is 0 Å². The standard InChI is InChI=1S/C23H16ClNO3/c1-27-21-12-7-15(13-19(21)24)14-20-23(26)28-22(25-20)18-10-8-17(9-11-18)16-5-3-2-4-6-16/h2-14H,1H3/b20-14-. The minimum atomic E-state index is -0.492. The number of cyclic esters (lactones) is 1. The zero-order valence-electron chi connectivity index (χ0n) is 15.1. The van der Waals surface area contributed by atoms with Gasteiger partial charge in [-0.2, -0.15) is 0 Å². The molecule has 0 unspecified atom stereocenters. The molecule has 0 amide bonds. The Hall–Kier alpha value is -3.37. The van der Waals surface area contributed by atoms with E-state index in [9.17, 15) is 4.79 Å². The molecule has 138 valence electrons. The van der Waals surface area contributed by atoms with Crippen LogP contribution in [0, 0.1) is 0 Å². The minimum absolute atomic E-state index is 0.225. The van der Waals surface area contributed by atoms with E-state index in [1.54, 1.807) is 31.4 Å². The Bertz CT molecular complexity index is 1090. The van der Waals surface area contributed by atoms with Crippen LogP contribution >= 0.6 is 11.6 Å². The van der Waals surface area contributed by atoms with Crippen molar-refractivity contribution in [2.45, 2.75) is 0 Å². The van der Waals surface area contributed by atoms with Crippen LogP contribution < -0.4 is 4.74 Å². The summed E-state index contributed by atoms with van der Waals surface area (Å²) in [6, 6.07) is 23.0. The van der Waals surface area contributed by atoms with E-state index in [0.29, 0.717) is 10.8 Å². The van der Waals surface area contributed by atoms with Gasteiger partial charge in [0.15, 0.2) is 5.70 Å². The quantitative estimate of drug-likeness (QED) is 0.445. The molecule has 0 spiro atoms. The predicted molar refractivity (Wildman–Crippen MR) is 110 cm³/mol. The number of nitrogens with zero attached hydrogens (tertiary/aromatic N) is 1. The smallest absolute Gasteiger partial charge is 0.363 e. The molecule has 1 heterocycles. The Morgan fingerprint density at radius 3 is 2.29 bits per heavy atom. The highest BCUT2D eigenvalue weighted by Gasteiger charge is 2.24. The normalized spacial score (nSPS) is 14.7. The highest BCUT2D eigenvalue weighted by Crippen LogP contribution is 2.27. The fourth-order valence-electron chi connectivity index (χ4n) is 2.90. The monoisotopic (exact) mass is 389 g/mol. The SMILES string of the molecule is COc1ccc(/C=C2\N=C(c3ccc(-c4ccccc4)cc3)OC2=O)cc1Cl. The molecule has 0 radical (unpaired) electrons. The van der Waals surface area contributed by atoms with Crippen molar-refractivity contribution < 1.29 is 14.3 Å². The molecule has 4 nitrogen and oxygen atoms in total. The van der Waals surface area contributed by atoms with Crippen LogP contribution in [0.4, 0.5) is 0 Å². The van der Waals surface area contributed by atoms with Crippen molar-refractivity contribution in [3.05, 3.63) is 94.6 Å². The first-order valence-corrected chi connectivity index (χ1v) is 9.04. The third-order valence-electron chi connectivity index (χ3n) is 4.34. The van der Waals surface area contributed by atoms with Crippen LogP contribution in [0.5, 0.6) is 5.75 Å². The summed E-state index contributed by atoms with van der Waals surface area (Å²) >= 11 is 6.14. The molecular weight excluding hydrogens is 374 g/mol. The Morgan fingerprint density at radius 1 is 0.929 bits per heavy atom. The lowest BCUT2D eigenvalue weighted by molar-refractivity contribution is -0.129. The van der Waals surface area contributed by atoms with E-state index in [-0.39, 0.29) is 11.6 Å². The molecule has 3 aromatic carbocycles. The highest BCUT2D eigenvalue weighted by molar-refractivity contribution is 6.32. The molecule has 0 bridgehead atoms. The highest BCUT2D eigenvalue weighted by atomic mass is 35.5. The second-order valence-corrected chi connectivity index (χ2v) is 6.58. The molecule has 5 heteroatoms. The van der Waals surface area contributed by atoms with E-state index >= 15 is 0 Å². The molecule has 3 aromatic rings. The van der Waals surface area contributed by atoms with Crippen LogP contribution in [-0.4, -0.2) is 19.0 Å². The minimum Gasteiger partial charge on any atom is -0.495 e.